The second kappa shape index (κ2) is 6.97. The number of nitrogens with one attached hydrogen (secondary N) is 1. The van der Waals surface area contributed by atoms with Gasteiger partial charge in [-0.25, -0.2) is 14.4 Å². The van der Waals surface area contributed by atoms with Gasteiger partial charge in [-0.2, -0.15) is 0 Å². The van der Waals surface area contributed by atoms with Crippen molar-refractivity contribution >= 4 is 17.4 Å². The monoisotopic (exact) mass is 358 g/mol. The summed E-state index contributed by atoms with van der Waals surface area (Å²) in [4.78, 5) is 22.6. The summed E-state index contributed by atoms with van der Waals surface area (Å²) in [6, 6.07) is 7.81. The zero-order valence-corrected chi connectivity index (χ0v) is 14.2. The summed E-state index contributed by atoms with van der Waals surface area (Å²) in [7, 11) is 0. The predicted octanol–water partition coefficient (Wildman–Crippen LogP) is 2.34. The molecule has 0 radical (unpaired) electrons. The second-order valence-corrected chi connectivity index (χ2v) is 6.29. The zero-order valence-electron chi connectivity index (χ0n) is 14.2. The summed E-state index contributed by atoms with van der Waals surface area (Å²) in [5.74, 6) is -0.738. The van der Waals surface area contributed by atoms with Gasteiger partial charge in [-0.15, -0.1) is 0 Å². The van der Waals surface area contributed by atoms with E-state index in [0.717, 1.165) is 0 Å². The summed E-state index contributed by atoms with van der Waals surface area (Å²) in [5, 5.41) is 2.87. The van der Waals surface area contributed by atoms with Gasteiger partial charge in [0.05, 0.1) is 18.9 Å². The average Bonchev–Trinajstić information content (AvgIpc) is 3.12. The molecule has 1 aromatic heterocycles. The number of rotatable bonds is 3. The van der Waals surface area contributed by atoms with E-state index in [9.17, 15) is 9.18 Å². The van der Waals surface area contributed by atoms with Crippen LogP contribution in [0, 0.1) is 5.82 Å². The molecule has 1 aromatic carbocycles. The van der Waals surface area contributed by atoms with Crippen molar-refractivity contribution in [3.8, 4) is 0 Å². The van der Waals surface area contributed by atoms with Gasteiger partial charge in [0.25, 0.3) is 5.91 Å². The fourth-order valence-corrected chi connectivity index (χ4v) is 3.24. The van der Waals surface area contributed by atoms with Crippen molar-refractivity contribution in [2.45, 2.75) is 18.6 Å². The van der Waals surface area contributed by atoms with E-state index < -0.39 is 11.6 Å². The van der Waals surface area contributed by atoms with E-state index in [4.69, 9.17) is 9.47 Å². The Morgan fingerprint density at radius 1 is 1.15 bits per heavy atom. The maximum Gasteiger partial charge on any atom is 0.272 e. The highest BCUT2D eigenvalue weighted by molar-refractivity contribution is 5.93. The Labute approximate surface area is 150 Å². The molecular weight excluding hydrogens is 339 g/mol. The lowest BCUT2D eigenvalue weighted by molar-refractivity contribution is -0.181. The minimum Gasteiger partial charge on any atom is -0.347 e. The number of nitrogens with zero attached hydrogens (tertiary/aromatic N) is 3. The highest BCUT2D eigenvalue weighted by Gasteiger charge is 2.41. The van der Waals surface area contributed by atoms with Crippen molar-refractivity contribution in [1.29, 1.82) is 0 Å². The molecule has 1 amide bonds. The van der Waals surface area contributed by atoms with Crippen LogP contribution >= 0.6 is 0 Å². The molecule has 7 nitrogen and oxygen atoms in total. The highest BCUT2D eigenvalue weighted by atomic mass is 19.1. The molecule has 0 bridgehead atoms. The number of benzene rings is 1. The Balaban J connectivity index is 1.44. The maximum atomic E-state index is 13.8. The molecule has 2 aliphatic heterocycles. The molecule has 2 aliphatic rings. The van der Waals surface area contributed by atoms with Crippen molar-refractivity contribution in [2.75, 3.05) is 31.6 Å². The third-order valence-electron chi connectivity index (χ3n) is 4.65. The van der Waals surface area contributed by atoms with E-state index in [0.29, 0.717) is 50.7 Å². The highest BCUT2D eigenvalue weighted by Crippen LogP contribution is 2.31. The van der Waals surface area contributed by atoms with Crippen LogP contribution in [0.2, 0.25) is 0 Å². The number of likely N-dealkylation sites (tertiary alicyclic amines) is 1. The topological polar surface area (TPSA) is 76.6 Å². The van der Waals surface area contributed by atoms with E-state index >= 15 is 0 Å². The smallest absolute Gasteiger partial charge is 0.272 e. The number of amides is 1. The average molecular weight is 358 g/mol. The van der Waals surface area contributed by atoms with Gasteiger partial charge in [-0.1, -0.05) is 12.1 Å². The SMILES string of the molecule is O=C(c1cc(Nc2ccccc2F)ncn1)N1CCC2(CC1)OCCO2. The van der Waals surface area contributed by atoms with Gasteiger partial charge in [0, 0.05) is 32.0 Å². The van der Waals surface area contributed by atoms with Crippen LogP contribution in [-0.2, 0) is 9.47 Å². The number of ether oxygens (including phenoxy) is 2. The van der Waals surface area contributed by atoms with Gasteiger partial charge >= 0.3 is 0 Å². The lowest BCUT2D eigenvalue weighted by atomic mass is 10.0. The van der Waals surface area contributed by atoms with Crippen LogP contribution in [0.1, 0.15) is 23.3 Å². The molecule has 136 valence electrons. The fourth-order valence-electron chi connectivity index (χ4n) is 3.24. The molecule has 3 heterocycles. The minimum absolute atomic E-state index is 0.183. The summed E-state index contributed by atoms with van der Waals surface area (Å²) in [5.41, 5.74) is 0.558. The predicted molar refractivity (Wildman–Crippen MR) is 91.5 cm³/mol. The normalized spacial score (nSPS) is 18.9. The van der Waals surface area contributed by atoms with Gasteiger partial charge in [0.1, 0.15) is 23.7 Å². The van der Waals surface area contributed by atoms with Crippen LogP contribution in [0.4, 0.5) is 15.9 Å². The summed E-state index contributed by atoms with van der Waals surface area (Å²) < 4.78 is 25.1. The molecule has 26 heavy (non-hydrogen) atoms. The molecule has 2 fully saturated rings. The van der Waals surface area contributed by atoms with Crippen molar-refractivity contribution in [3.05, 3.63) is 48.2 Å². The number of aromatic nitrogens is 2. The number of anilines is 2. The minimum atomic E-state index is -0.528. The van der Waals surface area contributed by atoms with E-state index in [1.165, 1.54) is 18.5 Å². The Hall–Kier alpha value is -2.58. The second-order valence-electron chi connectivity index (χ2n) is 6.29. The largest absolute Gasteiger partial charge is 0.347 e. The Morgan fingerprint density at radius 3 is 2.62 bits per heavy atom. The first-order chi connectivity index (χ1) is 12.7. The molecular formula is C18H19FN4O3. The lowest BCUT2D eigenvalue weighted by Crippen LogP contribution is -2.47. The Kier molecular flexibility index (Phi) is 4.52. The summed E-state index contributed by atoms with van der Waals surface area (Å²) in [6.45, 7) is 2.29. The number of halogens is 1. The molecule has 0 aliphatic carbocycles. The number of carbonyl (C=O) groups excluding carboxylic acids is 1. The summed E-state index contributed by atoms with van der Waals surface area (Å²) in [6.07, 6.45) is 2.58. The van der Waals surface area contributed by atoms with E-state index in [2.05, 4.69) is 15.3 Å². The number of carbonyl (C=O) groups is 1. The first-order valence-electron chi connectivity index (χ1n) is 8.56. The van der Waals surface area contributed by atoms with Gasteiger partial charge in [0.15, 0.2) is 5.79 Å². The van der Waals surface area contributed by atoms with E-state index in [1.807, 2.05) is 0 Å². The first kappa shape index (κ1) is 16.9. The van der Waals surface area contributed by atoms with Gasteiger partial charge in [-0.05, 0) is 12.1 Å². The number of hydrogen-bond acceptors (Lipinski definition) is 6. The van der Waals surface area contributed by atoms with Crippen molar-refractivity contribution < 1.29 is 18.7 Å². The standard InChI is InChI=1S/C18H19FN4O3/c19-13-3-1-2-4-14(13)22-16-11-15(20-12-21-16)17(24)23-7-5-18(6-8-23)25-9-10-26-18/h1-4,11-12H,5-10H2,(H,20,21,22). The maximum absolute atomic E-state index is 13.8. The third kappa shape index (κ3) is 3.38. The fraction of sp³-hybridized carbons (Fsp3) is 0.389. The van der Waals surface area contributed by atoms with E-state index in [1.54, 1.807) is 23.1 Å². The van der Waals surface area contributed by atoms with Crippen molar-refractivity contribution in [1.82, 2.24) is 14.9 Å². The van der Waals surface area contributed by atoms with Crippen molar-refractivity contribution in [3.63, 3.8) is 0 Å². The van der Waals surface area contributed by atoms with Crippen molar-refractivity contribution in [2.24, 2.45) is 0 Å². The van der Waals surface area contributed by atoms with Gasteiger partial charge < -0.3 is 19.7 Å². The Bertz CT molecular complexity index is 801. The van der Waals surface area contributed by atoms with Crippen LogP contribution in [0.5, 0.6) is 0 Å². The number of piperidine rings is 1. The quantitative estimate of drug-likeness (QED) is 0.908. The Morgan fingerprint density at radius 2 is 1.88 bits per heavy atom. The number of hydrogen-bond donors (Lipinski definition) is 1. The van der Waals surface area contributed by atoms with Crippen LogP contribution < -0.4 is 5.32 Å². The van der Waals surface area contributed by atoms with E-state index in [-0.39, 0.29) is 11.6 Å². The molecule has 1 spiro atoms. The lowest BCUT2D eigenvalue weighted by Gasteiger charge is -2.37. The molecule has 0 atom stereocenters. The molecule has 8 heteroatoms. The van der Waals surface area contributed by atoms with Crippen LogP contribution in [0.3, 0.4) is 0 Å². The zero-order chi connectivity index (χ0) is 18.0. The molecule has 2 saturated heterocycles. The van der Waals surface area contributed by atoms with Crippen LogP contribution in [0.15, 0.2) is 36.7 Å². The third-order valence-corrected chi connectivity index (χ3v) is 4.65. The van der Waals surface area contributed by atoms with Crippen LogP contribution in [-0.4, -0.2) is 52.9 Å². The first-order valence-corrected chi connectivity index (χ1v) is 8.56. The van der Waals surface area contributed by atoms with Gasteiger partial charge in [0.2, 0.25) is 0 Å². The van der Waals surface area contributed by atoms with Gasteiger partial charge in [-0.3, -0.25) is 4.79 Å². The molecule has 0 unspecified atom stereocenters. The molecule has 4 rings (SSSR count). The van der Waals surface area contributed by atoms with Crippen LogP contribution in [0.25, 0.3) is 0 Å². The number of para-hydroxylation sites is 1. The molecule has 1 N–H and O–H groups in total. The molecule has 2 aromatic rings. The summed E-state index contributed by atoms with van der Waals surface area (Å²) >= 11 is 0. The molecule has 0 saturated carbocycles.